The number of rotatable bonds is 1. The number of hydrogen-bond acceptors (Lipinski definition) is 4. The molecule has 0 saturated carbocycles. The van der Waals surface area contributed by atoms with Crippen LogP contribution in [0.1, 0.15) is 5.56 Å². The molecule has 1 aromatic rings. The van der Waals surface area contributed by atoms with Gasteiger partial charge in [-0.05, 0) is 12.1 Å². The summed E-state index contributed by atoms with van der Waals surface area (Å²) < 4.78 is 23.5. The molecule has 1 saturated heterocycles. The molecule has 0 amide bonds. The van der Waals surface area contributed by atoms with E-state index in [-0.39, 0.29) is 0 Å². The third kappa shape index (κ3) is 1.95. The Labute approximate surface area is 108 Å². The number of benzene rings is 1. The van der Waals surface area contributed by atoms with Crippen molar-refractivity contribution in [3.05, 3.63) is 23.8 Å². The number of amidine groups is 1. The average molecular weight is 266 g/mol. The molecule has 0 radical (unpaired) electrons. The molecule has 0 aromatic heterocycles. The van der Waals surface area contributed by atoms with Gasteiger partial charge in [0.25, 0.3) is 0 Å². The minimum atomic E-state index is -1.48. The molecule has 1 unspecified atom stereocenters. The van der Waals surface area contributed by atoms with Gasteiger partial charge in [0.05, 0.1) is 30.2 Å². The van der Waals surface area contributed by atoms with Crippen LogP contribution >= 0.6 is 0 Å². The maximum Gasteiger partial charge on any atom is 0.245 e. The van der Waals surface area contributed by atoms with Crippen LogP contribution in [0, 0.1) is 0 Å². The van der Waals surface area contributed by atoms with E-state index >= 15 is 0 Å². The summed E-state index contributed by atoms with van der Waals surface area (Å²) in [6.07, 6.45) is 0. The molecule has 0 aliphatic carbocycles. The van der Waals surface area contributed by atoms with Crippen LogP contribution in [0.3, 0.4) is 0 Å². The van der Waals surface area contributed by atoms with Crippen molar-refractivity contribution in [3.63, 3.8) is 0 Å². The maximum absolute atomic E-state index is 11.4. The second kappa shape index (κ2) is 4.58. The lowest BCUT2D eigenvalue weighted by atomic mass is 10.1. The van der Waals surface area contributed by atoms with Crippen molar-refractivity contribution < 1.29 is 8.95 Å². The number of hydrogen-bond donors (Lipinski definition) is 2. The van der Waals surface area contributed by atoms with E-state index in [1.807, 2.05) is 18.2 Å². The van der Waals surface area contributed by atoms with Gasteiger partial charge in [0.15, 0.2) is 0 Å². The Morgan fingerprint density at radius 2 is 2.17 bits per heavy atom. The van der Waals surface area contributed by atoms with E-state index in [2.05, 4.69) is 14.0 Å². The van der Waals surface area contributed by atoms with Crippen LogP contribution in [0.4, 0.5) is 11.4 Å². The predicted octanol–water partition coefficient (Wildman–Crippen LogP) is 0.233. The van der Waals surface area contributed by atoms with Crippen molar-refractivity contribution in [2.24, 2.45) is 10.1 Å². The van der Waals surface area contributed by atoms with E-state index in [1.54, 1.807) is 0 Å². The lowest BCUT2D eigenvalue weighted by molar-refractivity contribution is 0.122. The van der Waals surface area contributed by atoms with Gasteiger partial charge in [0, 0.05) is 13.1 Å². The number of nitrogens with two attached hydrogens (primary N) is 1. The standard InChI is InChI=1S/C11H14N4O2S/c12-11-10-8(13-18(16)14-11)2-1-3-9(10)15-4-6-17-7-5-15/h1-3,13H,4-7H2,(H2,12,14). The maximum atomic E-state index is 11.4. The smallest absolute Gasteiger partial charge is 0.245 e. The Kier molecular flexibility index (Phi) is 2.92. The number of fused-ring (bicyclic) bond motifs is 1. The summed E-state index contributed by atoms with van der Waals surface area (Å²) in [6.45, 7) is 3.07. The van der Waals surface area contributed by atoms with Gasteiger partial charge in [-0.15, -0.1) is 0 Å². The molecule has 2 aliphatic rings. The van der Waals surface area contributed by atoms with Gasteiger partial charge in [-0.2, -0.15) is 4.40 Å². The Hall–Kier alpha value is -1.60. The summed E-state index contributed by atoms with van der Waals surface area (Å²) >= 11 is -1.48. The zero-order chi connectivity index (χ0) is 12.5. The molecule has 18 heavy (non-hydrogen) atoms. The minimum absolute atomic E-state index is 0.323. The van der Waals surface area contributed by atoms with Crippen molar-refractivity contribution in [2.45, 2.75) is 0 Å². The molecule has 7 heteroatoms. The number of nitrogens with zero attached hydrogens (tertiary/aromatic N) is 2. The van der Waals surface area contributed by atoms with E-state index in [1.165, 1.54) is 0 Å². The normalized spacial score (nSPS) is 23.0. The van der Waals surface area contributed by atoms with E-state index < -0.39 is 11.2 Å². The minimum Gasteiger partial charge on any atom is -0.382 e. The summed E-state index contributed by atoms with van der Waals surface area (Å²) in [5.74, 6) is 0.323. The molecule has 1 atom stereocenters. The molecule has 2 heterocycles. The fraction of sp³-hybridized carbons (Fsp3) is 0.364. The first-order valence-electron chi connectivity index (χ1n) is 5.74. The molecule has 3 rings (SSSR count). The first kappa shape index (κ1) is 11.5. The van der Waals surface area contributed by atoms with E-state index in [0.717, 1.165) is 30.0 Å². The summed E-state index contributed by atoms with van der Waals surface area (Å²) in [5.41, 5.74) is 8.52. The Morgan fingerprint density at radius 1 is 1.39 bits per heavy atom. The van der Waals surface area contributed by atoms with E-state index in [9.17, 15) is 4.21 Å². The Balaban J connectivity index is 2.05. The van der Waals surface area contributed by atoms with Gasteiger partial charge >= 0.3 is 0 Å². The Bertz CT molecular complexity index is 526. The lowest BCUT2D eigenvalue weighted by Gasteiger charge is -2.31. The molecular weight excluding hydrogens is 252 g/mol. The van der Waals surface area contributed by atoms with Crippen molar-refractivity contribution in [2.75, 3.05) is 35.9 Å². The van der Waals surface area contributed by atoms with Gasteiger partial charge in [0.1, 0.15) is 5.84 Å². The van der Waals surface area contributed by atoms with Crippen molar-refractivity contribution in [1.82, 2.24) is 0 Å². The molecule has 2 aliphatic heterocycles. The second-order valence-corrected chi connectivity index (χ2v) is 5.01. The van der Waals surface area contributed by atoms with Crippen LogP contribution in [-0.4, -0.2) is 36.3 Å². The van der Waals surface area contributed by atoms with Crippen LogP contribution in [0.25, 0.3) is 0 Å². The second-order valence-electron chi connectivity index (χ2n) is 4.13. The SMILES string of the molecule is NC1=NS(=O)Nc2cccc(N3CCOCC3)c21. The molecular formula is C11H14N4O2S. The van der Waals surface area contributed by atoms with Crippen LogP contribution in [0.5, 0.6) is 0 Å². The first-order valence-corrected chi connectivity index (χ1v) is 6.85. The van der Waals surface area contributed by atoms with Gasteiger partial charge in [0.2, 0.25) is 11.2 Å². The number of anilines is 2. The average Bonchev–Trinajstić information content (AvgIpc) is 2.38. The lowest BCUT2D eigenvalue weighted by Crippen LogP contribution is -2.38. The fourth-order valence-corrected chi connectivity index (χ4v) is 2.89. The molecule has 0 bridgehead atoms. The molecule has 0 spiro atoms. The zero-order valence-corrected chi connectivity index (χ0v) is 10.6. The monoisotopic (exact) mass is 266 g/mol. The molecule has 1 aromatic carbocycles. The zero-order valence-electron chi connectivity index (χ0n) is 9.76. The van der Waals surface area contributed by atoms with Gasteiger partial charge in [-0.3, -0.25) is 4.72 Å². The number of morpholine rings is 1. The highest BCUT2D eigenvalue weighted by Gasteiger charge is 2.23. The quantitative estimate of drug-likeness (QED) is 0.762. The van der Waals surface area contributed by atoms with Gasteiger partial charge < -0.3 is 15.4 Å². The van der Waals surface area contributed by atoms with Crippen molar-refractivity contribution in [3.8, 4) is 0 Å². The van der Waals surface area contributed by atoms with Crippen molar-refractivity contribution in [1.29, 1.82) is 0 Å². The topological polar surface area (TPSA) is 79.9 Å². The van der Waals surface area contributed by atoms with Crippen LogP contribution in [0.2, 0.25) is 0 Å². The highest BCUT2D eigenvalue weighted by Crippen LogP contribution is 2.30. The van der Waals surface area contributed by atoms with Gasteiger partial charge in [-0.1, -0.05) is 6.07 Å². The van der Waals surface area contributed by atoms with Crippen molar-refractivity contribution >= 4 is 28.4 Å². The van der Waals surface area contributed by atoms with E-state index in [0.29, 0.717) is 19.0 Å². The predicted molar refractivity (Wildman–Crippen MR) is 72.0 cm³/mol. The largest absolute Gasteiger partial charge is 0.382 e. The summed E-state index contributed by atoms with van der Waals surface area (Å²) in [5, 5.41) is 0. The van der Waals surface area contributed by atoms with Crippen LogP contribution < -0.4 is 15.4 Å². The molecule has 6 nitrogen and oxygen atoms in total. The molecule has 3 N–H and O–H groups in total. The van der Waals surface area contributed by atoms with Crippen LogP contribution in [-0.2, 0) is 15.9 Å². The highest BCUT2D eigenvalue weighted by atomic mass is 32.2. The number of nitrogens with one attached hydrogen (secondary N) is 1. The number of ether oxygens (including phenoxy) is 1. The molecule has 1 fully saturated rings. The molecule has 96 valence electrons. The Morgan fingerprint density at radius 3 is 2.94 bits per heavy atom. The first-order chi connectivity index (χ1) is 8.75. The van der Waals surface area contributed by atoms with Gasteiger partial charge in [-0.25, -0.2) is 4.21 Å². The fourth-order valence-electron chi connectivity index (χ4n) is 2.21. The highest BCUT2D eigenvalue weighted by molar-refractivity contribution is 7.85. The van der Waals surface area contributed by atoms with E-state index in [4.69, 9.17) is 10.5 Å². The summed E-state index contributed by atoms with van der Waals surface area (Å²) in [4.78, 5) is 2.21. The third-order valence-electron chi connectivity index (χ3n) is 3.03. The summed E-state index contributed by atoms with van der Waals surface area (Å²) in [7, 11) is 0. The summed E-state index contributed by atoms with van der Waals surface area (Å²) in [6, 6.07) is 5.79. The van der Waals surface area contributed by atoms with Crippen LogP contribution in [0.15, 0.2) is 22.6 Å². The third-order valence-corrected chi connectivity index (χ3v) is 3.79.